The molecule has 0 radical (unpaired) electrons. The highest BCUT2D eigenvalue weighted by atomic mass is 35.5. The molecular formula is C29H46ClN3O2S. The molecule has 1 aromatic rings. The average molecular weight is 536 g/mol. The Morgan fingerprint density at radius 2 is 1.83 bits per heavy atom. The van der Waals surface area contributed by atoms with Crippen molar-refractivity contribution in [3.8, 4) is 0 Å². The summed E-state index contributed by atoms with van der Waals surface area (Å²) in [5.41, 5.74) is -0.676. The van der Waals surface area contributed by atoms with Gasteiger partial charge in [-0.15, -0.1) is 0 Å². The van der Waals surface area contributed by atoms with Crippen molar-refractivity contribution in [3.05, 3.63) is 29.3 Å². The number of carbonyl (C=O) groups excluding carboxylic acids is 2. The van der Waals surface area contributed by atoms with Gasteiger partial charge >= 0.3 is 0 Å². The summed E-state index contributed by atoms with van der Waals surface area (Å²) in [6, 6.07) is 8.54. The zero-order chi connectivity index (χ0) is 26.3. The second-order valence-electron chi connectivity index (χ2n) is 12.1. The van der Waals surface area contributed by atoms with Crippen LogP contribution in [0.25, 0.3) is 0 Å². The molecule has 3 aliphatic carbocycles. The van der Waals surface area contributed by atoms with Gasteiger partial charge in [-0.25, -0.2) is 4.72 Å². The van der Waals surface area contributed by atoms with Gasteiger partial charge < -0.3 is 15.4 Å². The van der Waals surface area contributed by atoms with Crippen molar-refractivity contribution >= 4 is 35.7 Å². The Kier molecular flexibility index (Phi) is 10.7. The molecular weight excluding hydrogens is 490 g/mol. The molecule has 3 N–H and O–H groups in total. The normalized spacial score (nSPS) is 30.6. The summed E-state index contributed by atoms with van der Waals surface area (Å²) in [5.74, 6) is 2.52. The highest BCUT2D eigenvalue weighted by molar-refractivity contribution is 7.97. The van der Waals surface area contributed by atoms with Crippen LogP contribution < -0.4 is 15.4 Å². The van der Waals surface area contributed by atoms with Gasteiger partial charge in [-0.3, -0.25) is 4.79 Å². The summed E-state index contributed by atoms with van der Waals surface area (Å²) < 4.78 is 3.03. The lowest BCUT2D eigenvalue weighted by atomic mass is 9.57. The van der Waals surface area contributed by atoms with Gasteiger partial charge in [-0.05, 0) is 101 Å². The van der Waals surface area contributed by atoms with Crippen LogP contribution in [0, 0.1) is 23.2 Å². The number of halogens is 1. The van der Waals surface area contributed by atoms with Crippen LogP contribution in [0.1, 0.15) is 85.5 Å². The molecule has 7 heteroatoms. The Morgan fingerprint density at radius 3 is 2.47 bits per heavy atom. The smallest absolute Gasteiger partial charge is 0.226 e. The Bertz CT molecular complexity index is 874. The molecule has 1 aromatic carbocycles. The van der Waals surface area contributed by atoms with Gasteiger partial charge in [0.05, 0.1) is 10.6 Å². The molecule has 1 amide bonds. The summed E-state index contributed by atoms with van der Waals surface area (Å²) in [4.78, 5) is 24.5. The number of hydrogen-bond donors (Lipinski definition) is 3. The zero-order valence-corrected chi connectivity index (χ0v) is 24.3. The summed E-state index contributed by atoms with van der Waals surface area (Å²) in [6.07, 6.45) is 11.9. The summed E-state index contributed by atoms with van der Waals surface area (Å²) in [5, 5.41) is 7.63. The first-order valence-corrected chi connectivity index (χ1v) is 14.9. The topological polar surface area (TPSA) is 70.2 Å². The molecule has 0 saturated heterocycles. The molecule has 36 heavy (non-hydrogen) atoms. The molecule has 0 heterocycles. The van der Waals surface area contributed by atoms with E-state index in [2.05, 4.69) is 36.3 Å². The first-order chi connectivity index (χ1) is 17.1. The van der Waals surface area contributed by atoms with E-state index in [4.69, 9.17) is 11.6 Å². The van der Waals surface area contributed by atoms with E-state index in [9.17, 15) is 9.59 Å². The lowest BCUT2D eigenvalue weighted by molar-refractivity contribution is -0.137. The molecule has 4 rings (SSSR count). The number of amides is 1. The minimum Gasteiger partial charge on any atom is -0.353 e. The minimum absolute atomic E-state index is 0.139. The van der Waals surface area contributed by atoms with Gasteiger partial charge in [0.2, 0.25) is 5.91 Å². The van der Waals surface area contributed by atoms with E-state index in [0.717, 1.165) is 35.9 Å². The standard InChI is InChI=1S/C19H34N2O.C10H12ClNOS/c1-13-9-14-10-15(17(13)20-3)12-19(2,11-14)18(22)21-16-7-5-4-6-8-16;1-10(2,7-13)12-14-9-6-4-3-5-8(9)11/h13-17,20H,4-12H2,1-3H3,(H,21,22);3-7,12H,1-2H3. The summed E-state index contributed by atoms with van der Waals surface area (Å²) in [7, 11) is 2.09. The van der Waals surface area contributed by atoms with Crippen molar-refractivity contribution in [1.82, 2.24) is 15.4 Å². The molecule has 0 spiro atoms. The van der Waals surface area contributed by atoms with Crippen LogP contribution in [0.15, 0.2) is 29.2 Å². The van der Waals surface area contributed by atoms with E-state index in [-0.39, 0.29) is 5.41 Å². The third kappa shape index (κ3) is 7.96. The highest BCUT2D eigenvalue weighted by Gasteiger charge is 2.48. The van der Waals surface area contributed by atoms with Crippen molar-refractivity contribution in [1.29, 1.82) is 0 Å². The predicted octanol–water partition coefficient (Wildman–Crippen LogP) is 6.40. The van der Waals surface area contributed by atoms with Gasteiger partial charge in [0, 0.05) is 22.4 Å². The average Bonchev–Trinajstić information content (AvgIpc) is 2.84. The second kappa shape index (κ2) is 13.1. The van der Waals surface area contributed by atoms with Crippen LogP contribution in [0.3, 0.4) is 0 Å². The second-order valence-corrected chi connectivity index (χ2v) is 13.4. The quantitative estimate of drug-likeness (QED) is 0.278. The van der Waals surface area contributed by atoms with E-state index in [1.807, 2.05) is 38.1 Å². The van der Waals surface area contributed by atoms with Crippen molar-refractivity contribution in [3.63, 3.8) is 0 Å². The molecule has 5 atom stereocenters. The third-order valence-electron chi connectivity index (χ3n) is 8.29. The molecule has 5 unspecified atom stereocenters. The van der Waals surface area contributed by atoms with Gasteiger partial charge in [0.1, 0.15) is 6.29 Å². The highest BCUT2D eigenvalue weighted by Crippen LogP contribution is 2.50. The number of aldehydes is 1. The van der Waals surface area contributed by atoms with E-state index in [0.29, 0.717) is 28.9 Å². The lowest BCUT2D eigenvalue weighted by Crippen LogP contribution is -2.54. The maximum Gasteiger partial charge on any atom is 0.226 e. The van der Waals surface area contributed by atoms with E-state index < -0.39 is 5.54 Å². The number of hydrogen-bond acceptors (Lipinski definition) is 5. The SMILES string of the molecule is CC(C)(C=O)NSc1ccccc1Cl.CNC1C(C)CC2CC1CC(C)(C(=O)NC1CCCCC1)C2. The molecule has 5 nitrogen and oxygen atoms in total. The van der Waals surface area contributed by atoms with Crippen molar-refractivity contribution < 1.29 is 9.59 Å². The zero-order valence-electron chi connectivity index (χ0n) is 22.7. The fraction of sp³-hybridized carbons (Fsp3) is 0.724. The van der Waals surface area contributed by atoms with Crippen LogP contribution in [0.5, 0.6) is 0 Å². The van der Waals surface area contributed by atoms with Crippen LogP contribution in [-0.2, 0) is 9.59 Å². The number of benzene rings is 1. The van der Waals surface area contributed by atoms with Crippen LogP contribution in [-0.4, -0.2) is 36.9 Å². The largest absolute Gasteiger partial charge is 0.353 e. The summed E-state index contributed by atoms with van der Waals surface area (Å²) in [6.45, 7) is 8.23. The monoisotopic (exact) mass is 535 g/mol. The van der Waals surface area contributed by atoms with Crippen molar-refractivity contribution in [2.45, 2.75) is 108 Å². The third-order valence-corrected chi connectivity index (χ3v) is 9.94. The maximum atomic E-state index is 13.0. The van der Waals surface area contributed by atoms with Crippen molar-refractivity contribution in [2.24, 2.45) is 23.2 Å². The first kappa shape index (κ1) is 29.5. The van der Waals surface area contributed by atoms with Crippen molar-refractivity contribution in [2.75, 3.05) is 7.05 Å². The molecule has 3 fully saturated rings. The predicted molar refractivity (Wildman–Crippen MR) is 151 cm³/mol. The fourth-order valence-electron chi connectivity index (χ4n) is 6.53. The molecule has 0 aromatic heterocycles. The van der Waals surface area contributed by atoms with E-state index in [1.54, 1.807) is 0 Å². The van der Waals surface area contributed by atoms with Gasteiger partial charge in [-0.2, -0.15) is 0 Å². The fourth-order valence-corrected chi connectivity index (χ4v) is 7.52. The van der Waals surface area contributed by atoms with Crippen LogP contribution >= 0.6 is 23.5 Å². The summed E-state index contributed by atoms with van der Waals surface area (Å²) >= 11 is 7.31. The number of carbonyl (C=O) groups is 2. The van der Waals surface area contributed by atoms with Gasteiger partial charge in [0.15, 0.2) is 0 Å². The van der Waals surface area contributed by atoms with Crippen LogP contribution in [0.2, 0.25) is 5.02 Å². The molecule has 202 valence electrons. The molecule has 0 aliphatic heterocycles. The number of fused-ring (bicyclic) bond motifs is 2. The van der Waals surface area contributed by atoms with Gasteiger partial charge in [-0.1, -0.05) is 56.8 Å². The Morgan fingerprint density at radius 1 is 1.14 bits per heavy atom. The number of rotatable bonds is 7. The Labute approximate surface area is 227 Å². The van der Waals surface area contributed by atoms with E-state index in [1.165, 1.54) is 56.9 Å². The maximum absolute atomic E-state index is 13.0. The Balaban J connectivity index is 0.000000223. The molecule has 3 aliphatic rings. The Hall–Kier alpha value is -1.08. The van der Waals surface area contributed by atoms with E-state index >= 15 is 0 Å². The van der Waals surface area contributed by atoms with Gasteiger partial charge in [0.25, 0.3) is 0 Å². The van der Waals surface area contributed by atoms with Crippen LogP contribution in [0.4, 0.5) is 0 Å². The molecule has 3 saturated carbocycles. The minimum atomic E-state index is -0.538. The molecule has 2 bridgehead atoms. The number of nitrogens with one attached hydrogen (secondary N) is 3. The lowest BCUT2D eigenvalue weighted by Gasteiger charge is -2.50. The first-order valence-electron chi connectivity index (χ1n) is 13.7.